The van der Waals surface area contributed by atoms with Gasteiger partial charge in [0.15, 0.2) is 5.65 Å². The van der Waals surface area contributed by atoms with Crippen LogP contribution in [-0.2, 0) is 7.05 Å². The summed E-state index contributed by atoms with van der Waals surface area (Å²) in [6.07, 6.45) is 3.69. The average Bonchev–Trinajstić information content (AvgIpc) is 2.70. The van der Waals surface area contributed by atoms with Crippen LogP contribution in [0.15, 0.2) is 12.4 Å². The smallest absolute Gasteiger partial charge is 0.341 e. The molecule has 1 unspecified atom stereocenters. The van der Waals surface area contributed by atoms with Crippen LogP contribution < -0.4 is 4.74 Å². The number of fused-ring (bicyclic) bond motifs is 1. The molecule has 0 bridgehead atoms. The number of pyridine rings is 1. The molecule has 0 spiro atoms. The standard InChI is InChI=1S/C14H19N3O3/c1-8(2)5-9(3)20-12-10-7-16-17(4)13(10)15-6-11(12)14(18)19/h6-9H,5H2,1-4H3,(H,18,19). The van der Waals surface area contributed by atoms with Gasteiger partial charge in [-0.2, -0.15) is 5.10 Å². The van der Waals surface area contributed by atoms with E-state index in [1.165, 1.54) is 6.20 Å². The Morgan fingerprint density at radius 1 is 1.40 bits per heavy atom. The number of carboxylic acid groups (broad SMARTS) is 1. The van der Waals surface area contributed by atoms with Gasteiger partial charge in [0.25, 0.3) is 0 Å². The van der Waals surface area contributed by atoms with Gasteiger partial charge < -0.3 is 9.84 Å². The van der Waals surface area contributed by atoms with Gasteiger partial charge >= 0.3 is 5.97 Å². The van der Waals surface area contributed by atoms with Crippen LogP contribution in [0.1, 0.15) is 37.6 Å². The summed E-state index contributed by atoms with van der Waals surface area (Å²) < 4.78 is 7.47. The molecule has 108 valence electrons. The van der Waals surface area contributed by atoms with E-state index in [0.29, 0.717) is 22.7 Å². The number of ether oxygens (including phenoxy) is 1. The maximum Gasteiger partial charge on any atom is 0.341 e. The lowest BCUT2D eigenvalue weighted by atomic mass is 10.1. The summed E-state index contributed by atoms with van der Waals surface area (Å²) in [6.45, 7) is 6.14. The van der Waals surface area contributed by atoms with Gasteiger partial charge in [0.1, 0.15) is 11.3 Å². The summed E-state index contributed by atoms with van der Waals surface area (Å²) in [5.74, 6) is -0.219. The van der Waals surface area contributed by atoms with Crippen molar-refractivity contribution in [3.8, 4) is 5.75 Å². The molecule has 0 fully saturated rings. The fourth-order valence-corrected chi connectivity index (χ4v) is 2.27. The first kappa shape index (κ1) is 14.3. The van der Waals surface area contributed by atoms with Gasteiger partial charge in [0.05, 0.1) is 17.7 Å². The van der Waals surface area contributed by atoms with Gasteiger partial charge in [0, 0.05) is 13.2 Å². The molecule has 0 aromatic carbocycles. The highest BCUT2D eigenvalue weighted by Gasteiger charge is 2.20. The van der Waals surface area contributed by atoms with E-state index >= 15 is 0 Å². The van der Waals surface area contributed by atoms with E-state index in [-0.39, 0.29) is 11.7 Å². The number of aromatic nitrogens is 3. The molecular formula is C14H19N3O3. The van der Waals surface area contributed by atoms with Gasteiger partial charge in [-0.1, -0.05) is 13.8 Å². The quantitative estimate of drug-likeness (QED) is 0.908. The highest BCUT2D eigenvalue weighted by Crippen LogP contribution is 2.29. The fourth-order valence-electron chi connectivity index (χ4n) is 2.27. The molecule has 6 heteroatoms. The van der Waals surface area contributed by atoms with E-state index in [0.717, 1.165) is 6.42 Å². The predicted molar refractivity (Wildman–Crippen MR) is 75.0 cm³/mol. The number of aromatic carboxylic acids is 1. The molecule has 0 radical (unpaired) electrons. The number of carboxylic acids is 1. The van der Waals surface area contributed by atoms with Crippen molar-refractivity contribution < 1.29 is 14.6 Å². The highest BCUT2D eigenvalue weighted by atomic mass is 16.5. The van der Waals surface area contributed by atoms with Crippen LogP contribution in [0.2, 0.25) is 0 Å². The Hall–Kier alpha value is -2.11. The lowest BCUT2D eigenvalue weighted by Crippen LogP contribution is -2.16. The minimum Gasteiger partial charge on any atom is -0.489 e. The maximum atomic E-state index is 11.3. The molecule has 0 saturated carbocycles. The molecule has 2 aromatic heterocycles. The van der Waals surface area contributed by atoms with Gasteiger partial charge in [-0.15, -0.1) is 0 Å². The van der Waals surface area contributed by atoms with Crippen LogP contribution in [0.5, 0.6) is 5.75 Å². The van der Waals surface area contributed by atoms with Crippen LogP contribution >= 0.6 is 0 Å². The van der Waals surface area contributed by atoms with Crippen molar-refractivity contribution in [3.63, 3.8) is 0 Å². The first-order valence-electron chi connectivity index (χ1n) is 6.60. The Bertz CT molecular complexity index is 634. The summed E-state index contributed by atoms with van der Waals surface area (Å²) >= 11 is 0. The first-order valence-corrected chi connectivity index (χ1v) is 6.60. The van der Waals surface area contributed by atoms with Crippen LogP contribution in [-0.4, -0.2) is 31.9 Å². The normalized spacial score (nSPS) is 12.8. The zero-order valence-corrected chi connectivity index (χ0v) is 12.1. The third kappa shape index (κ3) is 2.74. The van der Waals surface area contributed by atoms with E-state index in [2.05, 4.69) is 23.9 Å². The van der Waals surface area contributed by atoms with Crippen LogP contribution in [0, 0.1) is 5.92 Å². The van der Waals surface area contributed by atoms with Crippen molar-refractivity contribution >= 4 is 17.0 Å². The molecule has 6 nitrogen and oxygen atoms in total. The second kappa shape index (κ2) is 5.48. The number of rotatable bonds is 5. The topological polar surface area (TPSA) is 77.2 Å². The van der Waals surface area contributed by atoms with E-state index in [1.807, 2.05) is 6.92 Å². The number of hydrogen-bond donors (Lipinski definition) is 1. The first-order chi connectivity index (χ1) is 9.40. The van der Waals surface area contributed by atoms with Gasteiger partial charge in [0.2, 0.25) is 0 Å². The van der Waals surface area contributed by atoms with Crippen molar-refractivity contribution in [2.24, 2.45) is 13.0 Å². The maximum absolute atomic E-state index is 11.3. The predicted octanol–water partition coefficient (Wildman–Crippen LogP) is 2.48. The number of carbonyl (C=O) groups is 1. The van der Waals surface area contributed by atoms with Crippen LogP contribution in [0.3, 0.4) is 0 Å². The molecule has 1 atom stereocenters. The Kier molecular flexibility index (Phi) is 3.92. The lowest BCUT2D eigenvalue weighted by molar-refractivity contribution is 0.0689. The molecule has 0 aliphatic rings. The molecule has 2 heterocycles. The third-order valence-electron chi connectivity index (χ3n) is 3.07. The van der Waals surface area contributed by atoms with Crippen molar-refractivity contribution in [2.75, 3.05) is 0 Å². The molecule has 2 rings (SSSR count). The van der Waals surface area contributed by atoms with Crippen LogP contribution in [0.4, 0.5) is 0 Å². The summed E-state index contributed by atoms with van der Waals surface area (Å²) in [5, 5.41) is 14.0. The Labute approximate surface area is 117 Å². The zero-order valence-electron chi connectivity index (χ0n) is 12.1. The molecule has 2 aromatic rings. The van der Waals surface area contributed by atoms with E-state index in [9.17, 15) is 9.90 Å². The minimum absolute atomic E-state index is 0.0705. The zero-order chi connectivity index (χ0) is 14.9. The van der Waals surface area contributed by atoms with E-state index in [4.69, 9.17) is 4.74 Å². The van der Waals surface area contributed by atoms with Gasteiger partial charge in [-0.3, -0.25) is 4.68 Å². The van der Waals surface area contributed by atoms with Crippen molar-refractivity contribution in [1.82, 2.24) is 14.8 Å². The molecule has 0 aliphatic carbocycles. The summed E-state index contributed by atoms with van der Waals surface area (Å²) in [7, 11) is 1.76. The number of aryl methyl sites for hydroxylation is 1. The third-order valence-corrected chi connectivity index (χ3v) is 3.07. The number of hydrogen-bond acceptors (Lipinski definition) is 4. The molecule has 0 aliphatic heterocycles. The monoisotopic (exact) mass is 277 g/mol. The summed E-state index contributed by atoms with van der Waals surface area (Å²) in [5.41, 5.74) is 0.683. The SMILES string of the molecule is CC(C)CC(C)Oc1c(C(=O)O)cnc2c1cnn2C. The van der Waals surface area contributed by atoms with Crippen molar-refractivity contribution in [2.45, 2.75) is 33.3 Å². The number of nitrogens with zero attached hydrogens (tertiary/aromatic N) is 3. The van der Waals surface area contributed by atoms with Crippen molar-refractivity contribution in [3.05, 3.63) is 18.0 Å². The van der Waals surface area contributed by atoms with E-state index in [1.54, 1.807) is 17.9 Å². The van der Waals surface area contributed by atoms with Gasteiger partial charge in [-0.05, 0) is 19.3 Å². The minimum atomic E-state index is -1.05. The summed E-state index contributed by atoms with van der Waals surface area (Å²) in [4.78, 5) is 15.5. The van der Waals surface area contributed by atoms with E-state index < -0.39 is 5.97 Å². The second-order valence-electron chi connectivity index (χ2n) is 5.37. The summed E-state index contributed by atoms with van der Waals surface area (Å²) in [6, 6.07) is 0. The van der Waals surface area contributed by atoms with Crippen molar-refractivity contribution in [1.29, 1.82) is 0 Å². The Morgan fingerprint density at radius 3 is 2.70 bits per heavy atom. The van der Waals surface area contributed by atoms with Gasteiger partial charge in [-0.25, -0.2) is 9.78 Å². The second-order valence-corrected chi connectivity index (χ2v) is 5.37. The largest absolute Gasteiger partial charge is 0.489 e. The lowest BCUT2D eigenvalue weighted by Gasteiger charge is -2.18. The Morgan fingerprint density at radius 2 is 2.10 bits per heavy atom. The molecule has 0 saturated heterocycles. The molecule has 20 heavy (non-hydrogen) atoms. The Balaban J connectivity index is 2.47. The fraction of sp³-hybridized carbons (Fsp3) is 0.500. The molecule has 1 N–H and O–H groups in total. The highest BCUT2D eigenvalue weighted by molar-refractivity contribution is 5.97. The van der Waals surface area contributed by atoms with Crippen LogP contribution in [0.25, 0.3) is 11.0 Å². The average molecular weight is 277 g/mol. The molecular weight excluding hydrogens is 258 g/mol. The molecule has 0 amide bonds.